The van der Waals surface area contributed by atoms with E-state index in [1.165, 1.54) is 12.1 Å². The van der Waals surface area contributed by atoms with Gasteiger partial charge in [0.25, 0.3) is 5.91 Å². The van der Waals surface area contributed by atoms with E-state index in [4.69, 9.17) is 10.5 Å². The second-order valence-electron chi connectivity index (χ2n) is 7.63. The van der Waals surface area contributed by atoms with Crippen LogP contribution < -0.4 is 21.1 Å². The summed E-state index contributed by atoms with van der Waals surface area (Å²) < 4.78 is 34.5. The number of hydrogen-bond acceptors (Lipinski definition) is 4. The van der Waals surface area contributed by atoms with Crippen LogP contribution in [0.5, 0.6) is 11.5 Å². The normalized spacial score (nSPS) is 15.3. The Bertz CT molecular complexity index is 1210. The van der Waals surface area contributed by atoms with E-state index in [-0.39, 0.29) is 34.6 Å². The molecule has 0 spiro atoms. The molecule has 1 saturated heterocycles. The Labute approximate surface area is 183 Å². The van der Waals surface area contributed by atoms with Crippen molar-refractivity contribution in [3.05, 3.63) is 82.9 Å². The molecule has 2 amide bonds. The fourth-order valence-corrected chi connectivity index (χ4v) is 3.67. The number of aryl methyl sites for hydroxylation is 1. The molecular formula is C24H21F2N3O3. The van der Waals surface area contributed by atoms with E-state index in [9.17, 15) is 18.4 Å². The van der Waals surface area contributed by atoms with Crippen molar-refractivity contribution in [3.63, 3.8) is 0 Å². The van der Waals surface area contributed by atoms with Gasteiger partial charge in [-0.15, -0.1) is 0 Å². The minimum absolute atomic E-state index is 0.0190. The maximum Gasteiger partial charge on any atom is 0.254 e. The Kier molecular flexibility index (Phi) is 5.77. The summed E-state index contributed by atoms with van der Waals surface area (Å²) in [4.78, 5) is 23.7. The van der Waals surface area contributed by atoms with Crippen LogP contribution in [0.25, 0.3) is 0 Å². The summed E-state index contributed by atoms with van der Waals surface area (Å²) >= 11 is 0. The Balaban J connectivity index is 1.68. The van der Waals surface area contributed by atoms with Crippen molar-refractivity contribution >= 4 is 23.2 Å². The topological polar surface area (TPSA) is 93.4 Å². The van der Waals surface area contributed by atoms with E-state index in [0.29, 0.717) is 24.2 Å². The molecule has 4 rings (SSSR count). The van der Waals surface area contributed by atoms with Gasteiger partial charge in [-0.25, -0.2) is 8.78 Å². The van der Waals surface area contributed by atoms with Gasteiger partial charge in [0, 0.05) is 12.5 Å². The third-order valence-corrected chi connectivity index (χ3v) is 5.19. The molecule has 1 atom stereocenters. The van der Waals surface area contributed by atoms with Crippen molar-refractivity contribution in [2.75, 3.05) is 5.32 Å². The lowest BCUT2D eigenvalue weighted by Gasteiger charge is -2.17. The minimum Gasteiger partial charge on any atom is -0.456 e. The molecule has 6 nitrogen and oxygen atoms in total. The van der Waals surface area contributed by atoms with Crippen LogP contribution in [0.3, 0.4) is 0 Å². The van der Waals surface area contributed by atoms with E-state index < -0.39 is 17.5 Å². The van der Waals surface area contributed by atoms with Crippen LogP contribution in [-0.4, -0.2) is 11.8 Å². The molecule has 1 heterocycles. The number of carbonyl (C=O) groups is 2. The molecule has 8 heteroatoms. The molecule has 32 heavy (non-hydrogen) atoms. The van der Waals surface area contributed by atoms with Crippen LogP contribution in [0.4, 0.5) is 20.2 Å². The molecule has 1 fully saturated rings. The van der Waals surface area contributed by atoms with Gasteiger partial charge in [0.2, 0.25) is 5.91 Å². The molecule has 0 bridgehead atoms. The number of nitrogens with one attached hydrogen (secondary N) is 2. The van der Waals surface area contributed by atoms with Crippen LogP contribution in [0, 0.1) is 18.6 Å². The highest BCUT2D eigenvalue weighted by atomic mass is 19.1. The number of benzene rings is 3. The molecular weight excluding hydrogens is 416 g/mol. The highest BCUT2D eigenvalue weighted by Crippen LogP contribution is 2.35. The number of carbonyl (C=O) groups excluding carboxylic acids is 2. The van der Waals surface area contributed by atoms with Gasteiger partial charge in [0.1, 0.15) is 28.7 Å². The van der Waals surface area contributed by atoms with Crippen LogP contribution in [-0.2, 0) is 4.79 Å². The third kappa shape index (κ3) is 4.54. The van der Waals surface area contributed by atoms with E-state index in [2.05, 4.69) is 10.6 Å². The highest BCUT2D eigenvalue weighted by Gasteiger charge is 2.23. The molecule has 1 unspecified atom stereocenters. The second-order valence-corrected chi connectivity index (χ2v) is 7.63. The maximum absolute atomic E-state index is 14.4. The molecule has 4 N–H and O–H groups in total. The molecule has 1 aliphatic heterocycles. The lowest BCUT2D eigenvalue weighted by molar-refractivity contribution is -0.119. The molecule has 0 aromatic heterocycles. The monoisotopic (exact) mass is 437 g/mol. The van der Waals surface area contributed by atoms with Crippen molar-refractivity contribution in [2.45, 2.75) is 25.8 Å². The fourth-order valence-electron chi connectivity index (χ4n) is 3.67. The molecule has 1 aliphatic rings. The fraction of sp³-hybridized carbons (Fsp3) is 0.167. The zero-order valence-electron chi connectivity index (χ0n) is 17.2. The van der Waals surface area contributed by atoms with Crippen LogP contribution >= 0.6 is 0 Å². The SMILES string of the molecule is Cc1ccc(Nc2cc(F)cc(Oc3cccc(C4CCC(=O)N4)c3)c2C(N)=O)c(F)c1. The molecule has 0 saturated carbocycles. The Morgan fingerprint density at radius 1 is 1.12 bits per heavy atom. The zero-order valence-corrected chi connectivity index (χ0v) is 17.2. The predicted octanol–water partition coefficient (Wildman–Crippen LogP) is 4.86. The lowest BCUT2D eigenvalue weighted by Crippen LogP contribution is -2.18. The Morgan fingerprint density at radius 3 is 2.62 bits per heavy atom. The third-order valence-electron chi connectivity index (χ3n) is 5.19. The van der Waals surface area contributed by atoms with Crippen molar-refractivity contribution in [1.82, 2.24) is 5.32 Å². The van der Waals surface area contributed by atoms with E-state index in [1.807, 2.05) is 6.07 Å². The summed E-state index contributed by atoms with van der Waals surface area (Å²) in [6.07, 6.45) is 1.10. The van der Waals surface area contributed by atoms with Crippen LogP contribution in [0.2, 0.25) is 0 Å². The first-order chi connectivity index (χ1) is 15.3. The smallest absolute Gasteiger partial charge is 0.254 e. The van der Waals surface area contributed by atoms with E-state index >= 15 is 0 Å². The standard InChI is InChI=1S/C24H21F2N3O3/c1-13-5-6-19(17(26)9-13)28-20-11-15(25)12-21(23(20)24(27)31)32-16-4-2-3-14(10-16)18-7-8-22(30)29-18/h2-6,9-12,18,28H,7-8H2,1H3,(H2,27,31)(H,29,30). The second kappa shape index (κ2) is 8.66. The van der Waals surface area contributed by atoms with E-state index in [0.717, 1.165) is 17.7 Å². The molecule has 0 aliphatic carbocycles. The van der Waals surface area contributed by atoms with Gasteiger partial charge >= 0.3 is 0 Å². The lowest BCUT2D eigenvalue weighted by atomic mass is 10.1. The van der Waals surface area contributed by atoms with Crippen LogP contribution in [0.15, 0.2) is 54.6 Å². The van der Waals surface area contributed by atoms with E-state index in [1.54, 1.807) is 31.2 Å². The number of ether oxygens (including phenoxy) is 1. The summed E-state index contributed by atoms with van der Waals surface area (Å²) in [7, 11) is 0. The Morgan fingerprint density at radius 2 is 1.94 bits per heavy atom. The average Bonchev–Trinajstić information content (AvgIpc) is 3.16. The molecule has 164 valence electrons. The number of hydrogen-bond donors (Lipinski definition) is 3. The maximum atomic E-state index is 14.4. The van der Waals surface area contributed by atoms with Gasteiger partial charge < -0.3 is 21.1 Å². The average molecular weight is 437 g/mol. The van der Waals surface area contributed by atoms with Gasteiger partial charge in [-0.05, 0) is 54.8 Å². The quantitative estimate of drug-likeness (QED) is 0.513. The van der Waals surface area contributed by atoms with Crippen molar-refractivity contribution in [3.8, 4) is 11.5 Å². The number of halogens is 2. The summed E-state index contributed by atoms with van der Waals surface area (Å²) in [6, 6.07) is 13.4. The number of rotatable bonds is 6. The first-order valence-corrected chi connectivity index (χ1v) is 10.0. The summed E-state index contributed by atoms with van der Waals surface area (Å²) in [5, 5.41) is 5.61. The van der Waals surface area contributed by atoms with Gasteiger partial charge in [0.15, 0.2) is 0 Å². The highest BCUT2D eigenvalue weighted by molar-refractivity contribution is 6.02. The summed E-state index contributed by atoms with van der Waals surface area (Å²) in [5.74, 6) is -1.92. The summed E-state index contributed by atoms with van der Waals surface area (Å²) in [6.45, 7) is 1.74. The summed E-state index contributed by atoms with van der Waals surface area (Å²) in [5.41, 5.74) is 7.02. The minimum atomic E-state index is -0.866. The number of nitrogens with two attached hydrogens (primary N) is 1. The van der Waals surface area contributed by atoms with Gasteiger partial charge in [-0.1, -0.05) is 18.2 Å². The van der Waals surface area contributed by atoms with Crippen molar-refractivity contribution in [2.24, 2.45) is 5.73 Å². The largest absolute Gasteiger partial charge is 0.456 e. The van der Waals surface area contributed by atoms with Crippen molar-refractivity contribution in [1.29, 1.82) is 0 Å². The first-order valence-electron chi connectivity index (χ1n) is 10.0. The van der Waals surface area contributed by atoms with Gasteiger partial charge in [-0.3, -0.25) is 9.59 Å². The number of amides is 2. The number of anilines is 2. The molecule has 0 radical (unpaired) electrons. The zero-order chi connectivity index (χ0) is 22.8. The van der Waals surface area contributed by atoms with Crippen molar-refractivity contribution < 1.29 is 23.1 Å². The Hall–Kier alpha value is -3.94. The number of primary amides is 1. The van der Waals surface area contributed by atoms with Gasteiger partial charge in [-0.2, -0.15) is 0 Å². The first kappa shape index (κ1) is 21.3. The van der Waals surface area contributed by atoms with Crippen LogP contribution in [0.1, 0.15) is 40.4 Å². The molecule has 3 aromatic rings. The predicted molar refractivity (Wildman–Crippen MR) is 116 cm³/mol. The molecule has 3 aromatic carbocycles. The van der Waals surface area contributed by atoms with Gasteiger partial charge in [0.05, 0.1) is 17.4 Å².